The standard InChI is InChI=1S/C27H27F3N2OS/c1-17-9-10-19(15-18(17)2)24(33)23(32-13-11-20(12-14-32)26(3,4)5)25(34)31-22-8-6-7-21(16-22)27(28,29)30/h6-16H,1-5H3,(H-,31,33,34)/p+1. The maximum atomic E-state index is 13.2. The van der Waals surface area contributed by atoms with E-state index < -0.39 is 11.7 Å². The Labute approximate surface area is 203 Å². The van der Waals surface area contributed by atoms with E-state index >= 15 is 0 Å². The molecule has 178 valence electrons. The lowest BCUT2D eigenvalue weighted by Gasteiger charge is -2.18. The number of aryl methyl sites for hydroxylation is 2. The second kappa shape index (κ2) is 9.58. The monoisotopic (exact) mass is 485 g/mol. The first-order valence-electron chi connectivity index (χ1n) is 10.8. The van der Waals surface area contributed by atoms with Crippen molar-refractivity contribution in [2.45, 2.75) is 46.2 Å². The van der Waals surface area contributed by atoms with Gasteiger partial charge in [0, 0.05) is 23.4 Å². The number of aromatic nitrogens is 1. The van der Waals surface area contributed by atoms with Crippen molar-refractivity contribution in [3.63, 3.8) is 0 Å². The van der Waals surface area contributed by atoms with Crippen LogP contribution in [0.4, 0.5) is 18.9 Å². The van der Waals surface area contributed by atoms with E-state index in [1.165, 1.54) is 12.1 Å². The smallest absolute Gasteiger partial charge is 0.416 e. The Bertz CT molecular complexity index is 1240. The molecule has 0 atom stereocenters. The SMILES string of the molecule is Cc1ccc(C(O)=C(C(=S)Nc2cccc(C(F)(F)F)c2)[n+]2ccc(C(C)(C)C)cc2)cc1C. The highest BCUT2D eigenvalue weighted by Crippen LogP contribution is 2.31. The molecule has 1 aromatic heterocycles. The minimum atomic E-state index is -4.48. The summed E-state index contributed by atoms with van der Waals surface area (Å²) < 4.78 is 41.2. The van der Waals surface area contributed by atoms with Crippen molar-refractivity contribution < 1.29 is 22.8 Å². The Morgan fingerprint density at radius 3 is 2.09 bits per heavy atom. The van der Waals surface area contributed by atoms with Crippen LogP contribution in [0.3, 0.4) is 0 Å². The number of nitrogens with one attached hydrogen (secondary N) is 1. The summed E-state index contributed by atoms with van der Waals surface area (Å²) >= 11 is 5.59. The molecule has 0 fully saturated rings. The molecule has 1 heterocycles. The molecular weight excluding hydrogens is 457 g/mol. The number of alkyl halides is 3. The summed E-state index contributed by atoms with van der Waals surface area (Å²) in [6.45, 7) is 10.2. The fourth-order valence-electron chi connectivity index (χ4n) is 3.41. The third-order valence-electron chi connectivity index (χ3n) is 5.62. The van der Waals surface area contributed by atoms with Crippen molar-refractivity contribution in [3.8, 4) is 0 Å². The van der Waals surface area contributed by atoms with E-state index in [-0.39, 0.29) is 27.5 Å². The normalized spacial score (nSPS) is 12.8. The van der Waals surface area contributed by atoms with Crippen LogP contribution in [0.1, 0.15) is 48.6 Å². The number of nitrogens with zero attached hydrogens (tertiary/aromatic N) is 1. The number of aliphatic hydroxyl groups is 1. The summed E-state index contributed by atoms with van der Waals surface area (Å²) in [5.74, 6) is -0.0823. The van der Waals surface area contributed by atoms with E-state index in [9.17, 15) is 18.3 Å². The van der Waals surface area contributed by atoms with E-state index in [1.54, 1.807) is 23.0 Å². The van der Waals surface area contributed by atoms with Crippen LogP contribution in [0.5, 0.6) is 0 Å². The molecule has 0 radical (unpaired) electrons. The van der Waals surface area contributed by atoms with E-state index in [0.29, 0.717) is 5.56 Å². The van der Waals surface area contributed by atoms with Crippen molar-refractivity contribution in [1.82, 2.24) is 0 Å². The van der Waals surface area contributed by atoms with Crippen molar-refractivity contribution in [1.29, 1.82) is 0 Å². The second-order valence-corrected chi connectivity index (χ2v) is 9.68. The average molecular weight is 486 g/mol. The molecule has 3 nitrogen and oxygen atoms in total. The summed E-state index contributed by atoms with van der Waals surface area (Å²) in [6.07, 6.45) is -0.905. The number of halogens is 3. The molecule has 7 heteroatoms. The zero-order valence-corrected chi connectivity index (χ0v) is 20.6. The van der Waals surface area contributed by atoms with Gasteiger partial charge in [0.25, 0.3) is 5.70 Å². The number of rotatable bonds is 4. The van der Waals surface area contributed by atoms with Gasteiger partial charge in [-0.3, -0.25) is 0 Å². The molecule has 0 saturated carbocycles. The molecule has 0 saturated heterocycles. The zero-order valence-electron chi connectivity index (χ0n) is 19.8. The van der Waals surface area contributed by atoms with Crippen LogP contribution in [-0.4, -0.2) is 10.1 Å². The van der Waals surface area contributed by atoms with Crippen molar-refractivity contribution in [2.24, 2.45) is 0 Å². The maximum absolute atomic E-state index is 13.2. The molecule has 0 aliphatic heterocycles. The number of anilines is 1. The fourth-order valence-corrected chi connectivity index (χ4v) is 3.73. The van der Waals surface area contributed by atoms with Crippen LogP contribution in [-0.2, 0) is 11.6 Å². The van der Waals surface area contributed by atoms with Crippen LogP contribution in [0.2, 0.25) is 0 Å². The molecule has 3 aromatic rings. The average Bonchev–Trinajstić information content (AvgIpc) is 2.75. The van der Waals surface area contributed by atoms with Gasteiger partial charge in [0.1, 0.15) is 0 Å². The molecule has 0 unspecified atom stereocenters. The van der Waals surface area contributed by atoms with Crippen molar-refractivity contribution in [3.05, 3.63) is 94.8 Å². The zero-order chi connectivity index (χ0) is 25.3. The third-order valence-corrected chi connectivity index (χ3v) is 5.92. The molecule has 0 aliphatic carbocycles. The van der Waals surface area contributed by atoms with Crippen LogP contribution >= 0.6 is 12.2 Å². The van der Waals surface area contributed by atoms with Gasteiger partial charge in [-0.1, -0.05) is 51.2 Å². The molecule has 0 aliphatic rings. The largest absolute Gasteiger partial charge is 0.502 e. The maximum Gasteiger partial charge on any atom is 0.416 e. The van der Waals surface area contributed by atoms with Gasteiger partial charge < -0.3 is 10.4 Å². The van der Waals surface area contributed by atoms with Gasteiger partial charge in [0.2, 0.25) is 0 Å². The van der Waals surface area contributed by atoms with E-state index in [1.807, 2.05) is 38.1 Å². The number of pyridine rings is 1. The lowest BCUT2D eigenvalue weighted by Crippen LogP contribution is -2.39. The Morgan fingerprint density at radius 2 is 1.53 bits per heavy atom. The van der Waals surface area contributed by atoms with Crippen molar-refractivity contribution in [2.75, 3.05) is 5.32 Å². The molecule has 2 aromatic carbocycles. The van der Waals surface area contributed by atoms with Crippen LogP contribution in [0.25, 0.3) is 11.5 Å². The van der Waals surface area contributed by atoms with Crippen LogP contribution < -0.4 is 9.88 Å². The quantitative estimate of drug-likeness (QED) is 0.177. The molecule has 2 N–H and O–H groups in total. The van der Waals surface area contributed by atoms with E-state index in [0.717, 1.165) is 28.8 Å². The van der Waals surface area contributed by atoms with Crippen molar-refractivity contribution >= 4 is 34.3 Å². The van der Waals surface area contributed by atoms with Gasteiger partial charge >= 0.3 is 6.18 Å². The fraction of sp³-hybridized carbons (Fsp3) is 0.259. The summed E-state index contributed by atoms with van der Waals surface area (Å²) in [4.78, 5) is 0.0866. The summed E-state index contributed by atoms with van der Waals surface area (Å²) in [5, 5.41) is 14.1. The van der Waals surface area contributed by atoms with Gasteiger partial charge in [-0.2, -0.15) is 17.7 Å². The highest BCUT2D eigenvalue weighted by molar-refractivity contribution is 7.81. The lowest BCUT2D eigenvalue weighted by atomic mass is 9.88. The third kappa shape index (κ3) is 5.83. The summed E-state index contributed by atoms with van der Waals surface area (Å²) in [6, 6.07) is 14.2. The number of hydrogen-bond donors (Lipinski definition) is 2. The Kier molecular flexibility index (Phi) is 7.17. The number of hydrogen-bond acceptors (Lipinski definition) is 2. The number of aliphatic hydroxyl groups excluding tert-OH is 1. The molecule has 0 spiro atoms. The first-order chi connectivity index (χ1) is 15.8. The Balaban J connectivity index is 2.09. The van der Waals surface area contributed by atoms with E-state index in [4.69, 9.17) is 12.2 Å². The highest BCUT2D eigenvalue weighted by atomic mass is 32.1. The molecule has 3 rings (SSSR count). The molecular formula is C27H28F3N2OS+. The molecule has 0 bridgehead atoms. The molecule has 34 heavy (non-hydrogen) atoms. The van der Waals surface area contributed by atoms with Gasteiger partial charge in [-0.15, -0.1) is 0 Å². The van der Waals surface area contributed by atoms with E-state index in [2.05, 4.69) is 26.1 Å². The predicted molar refractivity (Wildman–Crippen MR) is 135 cm³/mol. The number of thiocarbonyl (C=S) groups is 1. The van der Waals surface area contributed by atoms with Gasteiger partial charge in [0.05, 0.1) is 5.56 Å². The number of benzene rings is 2. The minimum Gasteiger partial charge on any atom is -0.502 e. The first kappa shape index (κ1) is 25.4. The summed E-state index contributed by atoms with van der Waals surface area (Å²) in [7, 11) is 0. The van der Waals surface area contributed by atoms with Gasteiger partial charge in [0.15, 0.2) is 23.1 Å². The topological polar surface area (TPSA) is 36.1 Å². The van der Waals surface area contributed by atoms with Crippen LogP contribution in [0, 0.1) is 13.8 Å². The second-order valence-electron chi connectivity index (χ2n) is 9.27. The Morgan fingerprint density at radius 1 is 0.882 bits per heavy atom. The van der Waals surface area contributed by atoms with Gasteiger partial charge in [-0.25, -0.2) is 0 Å². The first-order valence-corrected chi connectivity index (χ1v) is 11.2. The predicted octanol–water partition coefficient (Wildman–Crippen LogP) is 7.23. The minimum absolute atomic E-state index is 0.0735. The highest BCUT2D eigenvalue weighted by Gasteiger charge is 2.31. The summed E-state index contributed by atoms with van der Waals surface area (Å²) in [5.41, 5.74) is 3.29. The molecule has 0 amide bonds. The Hall–Kier alpha value is -3.19. The lowest BCUT2D eigenvalue weighted by molar-refractivity contribution is -0.575. The van der Waals surface area contributed by atoms with Crippen LogP contribution in [0.15, 0.2) is 67.0 Å². The van der Waals surface area contributed by atoms with Gasteiger partial charge in [-0.05, 0) is 60.2 Å².